The number of hydrazone groups is 1. The molecule has 0 aliphatic carbocycles. The molecule has 1 heterocycles. The van der Waals surface area contributed by atoms with Gasteiger partial charge in [0.2, 0.25) is 0 Å². The van der Waals surface area contributed by atoms with Crippen molar-refractivity contribution < 1.29 is 4.74 Å². The summed E-state index contributed by atoms with van der Waals surface area (Å²) in [6.07, 6.45) is 1.06. The molecule has 0 aromatic carbocycles. The summed E-state index contributed by atoms with van der Waals surface area (Å²) in [5.74, 6) is 0.451. The summed E-state index contributed by atoms with van der Waals surface area (Å²) in [6.45, 7) is 3.61. The van der Waals surface area contributed by atoms with Crippen molar-refractivity contribution in [1.82, 2.24) is 10.7 Å². The molecule has 1 aliphatic rings. The van der Waals surface area contributed by atoms with Gasteiger partial charge in [-0.05, 0) is 25.6 Å². The maximum absolute atomic E-state index is 5.25. The molecule has 0 spiro atoms. The van der Waals surface area contributed by atoms with Crippen LogP contribution in [-0.2, 0) is 4.74 Å². The molecule has 1 fully saturated rings. The van der Waals surface area contributed by atoms with E-state index in [-0.39, 0.29) is 0 Å². The molecule has 0 radical (unpaired) electrons. The zero-order valence-electron chi connectivity index (χ0n) is 7.96. The van der Waals surface area contributed by atoms with Gasteiger partial charge >= 0.3 is 0 Å². The van der Waals surface area contributed by atoms with Crippen LogP contribution in [0.2, 0.25) is 0 Å². The summed E-state index contributed by atoms with van der Waals surface area (Å²) in [4.78, 5) is 0. The first-order chi connectivity index (χ1) is 6.24. The Morgan fingerprint density at radius 3 is 2.92 bits per heavy atom. The van der Waals surface area contributed by atoms with E-state index >= 15 is 0 Å². The lowest BCUT2D eigenvalue weighted by atomic mass is 10.0. The highest BCUT2D eigenvalue weighted by Gasteiger charge is 2.18. The molecule has 0 bridgehead atoms. The number of ether oxygens (including phenoxy) is 1. The van der Waals surface area contributed by atoms with Gasteiger partial charge in [0.05, 0.1) is 6.61 Å². The molecular weight excluding hydrogens is 186 g/mol. The molecule has 13 heavy (non-hydrogen) atoms. The van der Waals surface area contributed by atoms with Crippen LogP contribution in [0.5, 0.6) is 0 Å². The topological polar surface area (TPSA) is 45.7 Å². The molecule has 1 aliphatic heterocycles. The molecule has 0 aromatic heterocycles. The van der Waals surface area contributed by atoms with E-state index in [0.29, 0.717) is 11.0 Å². The second-order valence-electron chi connectivity index (χ2n) is 3.00. The first kappa shape index (κ1) is 10.4. The Bertz CT molecular complexity index is 211. The average molecular weight is 201 g/mol. The van der Waals surface area contributed by atoms with Crippen molar-refractivity contribution in [3.8, 4) is 0 Å². The lowest BCUT2D eigenvalue weighted by Gasteiger charge is -2.07. The molecule has 74 valence electrons. The van der Waals surface area contributed by atoms with E-state index in [4.69, 9.17) is 17.0 Å². The number of nitrogens with zero attached hydrogens (tertiary/aromatic N) is 1. The minimum Gasteiger partial charge on any atom is -0.381 e. The Balaban J connectivity index is 2.36. The molecule has 0 saturated carbocycles. The summed E-state index contributed by atoms with van der Waals surface area (Å²) in [5, 5.41) is 7.49. The third-order valence-electron chi connectivity index (χ3n) is 2.08. The second kappa shape index (κ2) is 5.14. The average Bonchev–Trinajstić information content (AvgIpc) is 2.66. The van der Waals surface area contributed by atoms with E-state index in [1.54, 1.807) is 7.05 Å². The number of rotatable bonds is 2. The fraction of sp³-hybridized carbons (Fsp3) is 0.750. The lowest BCUT2D eigenvalue weighted by Crippen LogP contribution is -2.30. The van der Waals surface area contributed by atoms with E-state index in [1.165, 1.54) is 0 Å². The zero-order valence-corrected chi connectivity index (χ0v) is 8.78. The van der Waals surface area contributed by atoms with Crippen LogP contribution in [0.15, 0.2) is 5.10 Å². The fourth-order valence-electron chi connectivity index (χ4n) is 1.15. The number of nitrogens with one attached hydrogen (secondary N) is 2. The normalized spacial score (nSPS) is 22.9. The van der Waals surface area contributed by atoms with Gasteiger partial charge in [-0.2, -0.15) is 5.10 Å². The van der Waals surface area contributed by atoms with Crippen LogP contribution in [0.1, 0.15) is 13.3 Å². The summed E-state index contributed by atoms with van der Waals surface area (Å²) in [7, 11) is 1.76. The van der Waals surface area contributed by atoms with E-state index < -0.39 is 0 Å². The highest BCUT2D eigenvalue weighted by atomic mass is 32.1. The molecule has 1 atom stereocenters. The van der Waals surface area contributed by atoms with Crippen molar-refractivity contribution in [3.63, 3.8) is 0 Å². The van der Waals surface area contributed by atoms with Crippen molar-refractivity contribution >= 4 is 23.0 Å². The highest BCUT2D eigenvalue weighted by Crippen LogP contribution is 2.13. The first-order valence-electron chi connectivity index (χ1n) is 4.33. The van der Waals surface area contributed by atoms with Crippen molar-refractivity contribution in [1.29, 1.82) is 0 Å². The minimum atomic E-state index is 0.451. The Morgan fingerprint density at radius 2 is 2.38 bits per heavy atom. The third kappa shape index (κ3) is 3.28. The molecule has 0 aromatic rings. The quantitative estimate of drug-likeness (QED) is 0.388. The van der Waals surface area contributed by atoms with Crippen LogP contribution in [0.4, 0.5) is 0 Å². The van der Waals surface area contributed by atoms with Gasteiger partial charge in [-0.25, -0.2) is 0 Å². The minimum absolute atomic E-state index is 0.451. The number of hydrogen-bond acceptors (Lipinski definition) is 3. The molecule has 1 saturated heterocycles. The third-order valence-corrected chi connectivity index (χ3v) is 2.38. The fourth-order valence-corrected chi connectivity index (χ4v) is 1.20. The predicted molar refractivity (Wildman–Crippen MR) is 56.8 cm³/mol. The Kier molecular flexibility index (Phi) is 4.11. The smallest absolute Gasteiger partial charge is 0.186 e. The standard InChI is InChI=1S/C8H15N3OS/c1-6(7-3-4-12-5-7)10-11-8(13)9-2/h7H,3-5H2,1-2H3,(H2,9,11,13)/b10-6+. The van der Waals surface area contributed by atoms with Gasteiger partial charge in [0.25, 0.3) is 0 Å². The predicted octanol–water partition coefficient (Wildman–Crippen LogP) is 0.493. The SMILES string of the molecule is CNC(=S)N/N=C(\C)C1CCOC1. The van der Waals surface area contributed by atoms with E-state index in [9.17, 15) is 0 Å². The van der Waals surface area contributed by atoms with Crippen molar-refractivity contribution in [3.05, 3.63) is 0 Å². The molecule has 2 N–H and O–H groups in total. The maximum Gasteiger partial charge on any atom is 0.186 e. The maximum atomic E-state index is 5.25. The van der Waals surface area contributed by atoms with Gasteiger partial charge < -0.3 is 10.1 Å². The molecule has 4 nitrogen and oxygen atoms in total. The molecule has 1 rings (SSSR count). The van der Waals surface area contributed by atoms with Gasteiger partial charge in [0.1, 0.15) is 0 Å². The summed E-state index contributed by atoms with van der Waals surface area (Å²) in [6, 6.07) is 0. The molecular formula is C8H15N3OS. The van der Waals surface area contributed by atoms with Crippen LogP contribution < -0.4 is 10.7 Å². The van der Waals surface area contributed by atoms with Gasteiger partial charge in [0.15, 0.2) is 5.11 Å². The van der Waals surface area contributed by atoms with Crippen molar-refractivity contribution in [2.75, 3.05) is 20.3 Å². The molecule has 1 unspecified atom stereocenters. The summed E-state index contributed by atoms with van der Waals surface area (Å²) in [5.41, 5.74) is 3.81. The Hall–Kier alpha value is -0.680. The van der Waals surface area contributed by atoms with Crippen LogP contribution in [0, 0.1) is 5.92 Å². The van der Waals surface area contributed by atoms with Crippen LogP contribution in [0.25, 0.3) is 0 Å². The summed E-state index contributed by atoms with van der Waals surface area (Å²) < 4.78 is 5.25. The first-order valence-corrected chi connectivity index (χ1v) is 4.74. The highest BCUT2D eigenvalue weighted by molar-refractivity contribution is 7.80. The monoisotopic (exact) mass is 201 g/mol. The van der Waals surface area contributed by atoms with Crippen molar-refractivity contribution in [2.24, 2.45) is 11.0 Å². The Labute approximate surface area is 83.7 Å². The van der Waals surface area contributed by atoms with Crippen molar-refractivity contribution in [2.45, 2.75) is 13.3 Å². The van der Waals surface area contributed by atoms with Gasteiger partial charge in [0, 0.05) is 25.3 Å². The number of thiocarbonyl (C=S) groups is 1. The van der Waals surface area contributed by atoms with Crippen LogP contribution in [-0.4, -0.2) is 31.1 Å². The van der Waals surface area contributed by atoms with Crippen LogP contribution >= 0.6 is 12.2 Å². The van der Waals surface area contributed by atoms with Gasteiger partial charge in [-0.3, -0.25) is 5.43 Å². The lowest BCUT2D eigenvalue weighted by molar-refractivity contribution is 0.193. The Morgan fingerprint density at radius 1 is 1.62 bits per heavy atom. The molecule has 5 heteroatoms. The van der Waals surface area contributed by atoms with Gasteiger partial charge in [-0.1, -0.05) is 0 Å². The number of hydrogen-bond donors (Lipinski definition) is 2. The van der Waals surface area contributed by atoms with Crippen LogP contribution in [0.3, 0.4) is 0 Å². The summed E-state index contributed by atoms with van der Waals surface area (Å²) >= 11 is 4.89. The van der Waals surface area contributed by atoms with E-state index in [2.05, 4.69) is 15.8 Å². The van der Waals surface area contributed by atoms with Gasteiger partial charge in [-0.15, -0.1) is 0 Å². The van der Waals surface area contributed by atoms with E-state index in [0.717, 1.165) is 25.3 Å². The zero-order chi connectivity index (χ0) is 9.68. The van der Waals surface area contributed by atoms with E-state index in [1.807, 2.05) is 6.92 Å². The second-order valence-corrected chi connectivity index (χ2v) is 3.41. The molecule has 0 amide bonds. The largest absolute Gasteiger partial charge is 0.381 e.